The number of ketones is 1. The van der Waals surface area contributed by atoms with Crippen LogP contribution in [0.2, 0.25) is 5.02 Å². The summed E-state index contributed by atoms with van der Waals surface area (Å²) >= 11 is 6.12. The van der Waals surface area contributed by atoms with E-state index in [1.165, 1.54) is 24.5 Å². The number of rotatable bonds is 15. The number of ether oxygens (including phenoxy) is 1. The van der Waals surface area contributed by atoms with Crippen LogP contribution in [-0.2, 0) is 24.7 Å². The van der Waals surface area contributed by atoms with Crippen LogP contribution >= 0.6 is 11.6 Å². The molecule has 8 aromatic rings. The van der Waals surface area contributed by atoms with E-state index in [1.807, 2.05) is 80.8 Å². The van der Waals surface area contributed by atoms with Gasteiger partial charge in [0.25, 0.3) is 5.56 Å². The summed E-state index contributed by atoms with van der Waals surface area (Å²) in [4.78, 5) is 33.6. The fraction of sp³-hybridized carbons (Fsp3) is 0.235. The van der Waals surface area contributed by atoms with Crippen LogP contribution in [-0.4, -0.2) is 42.3 Å². The fourth-order valence-electron chi connectivity index (χ4n) is 9.17. The Bertz CT molecular complexity index is 3060. The second-order valence-corrected chi connectivity index (χ2v) is 16.6. The predicted octanol–water partition coefficient (Wildman–Crippen LogP) is 11.1. The van der Waals surface area contributed by atoms with Crippen LogP contribution in [0.15, 0.2) is 120 Å². The second-order valence-electron chi connectivity index (χ2n) is 16.2. The molecule has 3 aromatic heterocycles. The zero-order valence-corrected chi connectivity index (χ0v) is 35.7. The van der Waals surface area contributed by atoms with E-state index in [0.29, 0.717) is 59.8 Å². The van der Waals surface area contributed by atoms with Crippen LogP contribution in [0.4, 0.5) is 8.78 Å². The van der Waals surface area contributed by atoms with Crippen molar-refractivity contribution in [2.75, 3.05) is 6.61 Å². The molecule has 0 bridgehead atoms. The van der Waals surface area contributed by atoms with Crippen LogP contribution in [0.5, 0.6) is 5.75 Å². The molecule has 1 aliphatic carbocycles. The summed E-state index contributed by atoms with van der Waals surface area (Å²) in [6, 6.07) is 31.8. The van der Waals surface area contributed by atoms with Gasteiger partial charge in [-0.3, -0.25) is 14.3 Å². The Morgan fingerprint density at radius 1 is 0.921 bits per heavy atom. The van der Waals surface area contributed by atoms with E-state index in [-0.39, 0.29) is 28.8 Å². The van der Waals surface area contributed by atoms with Gasteiger partial charge in [-0.15, -0.1) is 0 Å². The summed E-state index contributed by atoms with van der Waals surface area (Å²) in [7, 11) is 1.82. The maximum atomic E-state index is 15.3. The maximum Gasteiger partial charge on any atom is 0.272 e. The van der Waals surface area contributed by atoms with E-state index >= 15 is 4.39 Å². The van der Waals surface area contributed by atoms with Crippen LogP contribution in [0.1, 0.15) is 95.8 Å². The number of aromatic nitrogens is 6. The van der Waals surface area contributed by atoms with E-state index in [0.717, 1.165) is 74.9 Å². The van der Waals surface area contributed by atoms with Gasteiger partial charge in [0.05, 0.1) is 23.6 Å². The first-order valence-electron chi connectivity index (χ1n) is 21.3. The van der Waals surface area contributed by atoms with Gasteiger partial charge in [-0.2, -0.15) is 10.2 Å². The van der Waals surface area contributed by atoms with Crippen molar-refractivity contribution in [2.24, 2.45) is 7.05 Å². The van der Waals surface area contributed by atoms with Gasteiger partial charge in [-0.1, -0.05) is 67.1 Å². The number of H-pyrrole nitrogens is 2. The molecule has 5 aromatic carbocycles. The minimum atomic E-state index is -0.468. The molecule has 63 heavy (non-hydrogen) atoms. The number of Topliss-reactive ketones (excluding diaryl/α,β-unsaturated/α-hetero) is 1. The molecule has 9 rings (SSSR count). The van der Waals surface area contributed by atoms with Gasteiger partial charge < -0.3 is 9.72 Å². The molecule has 0 saturated carbocycles. The molecule has 9 nitrogen and oxygen atoms in total. The number of unbranched alkanes of at least 4 members (excludes halogenated alkanes) is 2. The summed E-state index contributed by atoms with van der Waals surface area (Å²) in [5.41, 5.74) is 8.17. The summed E-state index contributed by atoms with van der Waals surface area (Å²) in [5.74, 6) is 0.284. The molecule has 1 aliphatic rings. The number of aryl methyl sites for hydroxylation is 1. The van der Waals surface area contributed by atoms with Gasteiger partial charge in [0.15, 0.2) is 0 Å². The zero-order valence-electron chi connectivity index (χ0n) is 34.9. The number of nitrogens with zero attached hydrogens (tertiary/aromatic N) is 4. The van der Waals surface area contributed by atoms with Gasteiger partial charge in [-0.25, -0.2) is 18.9 Å². The van der Waals surface area contributed by atoms with Crippen molar-refractivity contribution in [3.63, 3.8) is 0 Å². The number of hydrogen-bond acceptors (Lipinski definition) is 6. The molecule has 2 N–H and O–H groups in total. The zero-order chi connectivity index (χ0) is 43.6. The molecule has 0 unspecified atom stereocenters. The number of halogens is 3. The first-order chi connectivity index (χ1) is 30.6. The average molecular weight is 863 g/mol. The molecule has 318 valence electrons. The van der Waals surface area contributed by atoms with Crippen molar-refractivity contribution in [3.05, 3.63) is 188 Å². The van der Waals surface area contributed by atoms with Gasteiger partial charge in [0, 0.05) is 53.5 Å². The number of nitrogens with one attached hydrogen (secondary N) is 2. The molecule has 12 heteroatoms. The summed E-state index contributed by atoms with van der Waals surface area (Å²) < 4.78 is 37.9. The highest BCUT2D eigenvalue weighted by Gasteiger charge is 2.38. The van der Waals surface area contributed by atoms with E-state index in [2.05, 4.69) is 37.4 Å². The van der Waals surface area contributed by atoms with Gasteiger partial charge in [0.2, 0.25) is 0 Å². The molecule has 0 radical (unpaired) electrons. The third-order valence-electron chi connectivity index (χ3n) is 12.2. The van der Waals surface area contributed by atoms with Crippen LogP contribution in [0, 0.1) is 11.6 Å². The minimum absolute atomic E-state index is 0.159. The molecule has 0 aliphatic heterocycles. The van der Waals surface area contributed by atoms with Crippen molar-refractivity contribution in [1.82, 2.24) is 29.9 Å². The number of allylic oxidation sites excluding steroid dienone is 1. The summed E-state index contributed by atoms with van der Waals surface area (Å²) in [6.07, 6.45) is 7.72. The Hall–Kier alpha value is -6.72. The SMILES string of the molecule is CC/C(=C(/c1ccc(OCCCCCC(=O)Cc2ccc([C@H]3Cc4cc(F)cc5c(=O)[nH]nc(c45)[C@@H]3c3ncnn3C)cc2)cc1)c1ccc2[nH]ccc2c1)c1ccc(Cl)cc1F. The molecule has 0 fully saturated rings. The second kappa shape index (κ2) is 17.9. The first-order valence-corrected chi connectivity index (χ1v) is 21.7. The molecule has 0 amide bonds. The molecule has 2 atom stereocenters. The van der Waals surface area contributed by atoms with Crippen molar-refractivity contribution in [1.29, 1.82) is 0 Å². The highest BCUT2D eigenvalue weighted by atomic mass is 35.5. The van der Waals surface area contributed by atoms with Crippen molar-refractivity contribution in [2.45, 2.75) is 63.7 Å². The number of aromatic amines is 2. The minimum Gasteiger partial charge on any atom is -0.494 e. The number of benzene rings is 5. The van der Waals surface area contributed by atoms with Crippen molar-refractivity contribution in [3.8, 4) is 5.75 Å². The standard InChI is InChI=1S/C51H45ClF2N6O3/c1-3-40(41-18-15-36(52)27-44(41)54)46(34-14-19-45-33(24-34)20-21-55-45)32-12-16-39(17-13-32)63-22-6-4-5-7-38(61)23-30-8-10-31(11-9-30)42-26-35-25-37(53)28-43-47(35)49(58-59-51(43)62)48(42)50-56-29-57-60(50)2/h8-21,24-25,27-29,42,48,55H,3-7,22-23,26H2,1-2H3,(H,59,62)/b46-40+/t42-,48-/m1/s1. The summed E-state index contributed by atoms with van der Waals surface area (Å²) in [5, 5.41) is 13.7. The van der Waals surface area contributed by atoms with E-state index in [9.17, 15) is 14.0 Å². The lowest BCUT2D eigenvalue weighted by Gasteiger charge is -2.32. The topological polar surface area (TPSA) is 119 Å². The van der Waals surface area contributed by atoms with Crippen LogP contribution < -0.4 is 10.3 Å². The quantitative estimate of drug-likeness (QED) is 0.0783. The largest absolute Gasteiger partial charge is 0.494 e. The molecule has 0 saturated heterocycles. The number of hydrogen-bond donors (Lipinski definition) is 2. The Morgan fingerprint density at radius 2 is 1.73 bits per heavy atom. The number of fused-ring (bicyclic) bond motifs is 1. The molecular weight excluding hydrogens is 818 g/mol. The fourth-order valence-corrected chi connectivity index (χ4v) is 9.33. The lowest BCUT2D eigenvalue weighted by Crippen LogP contribution is -2.27. The normalized spacial score (nSPS) is 15.2. The third kappa shape index (κ3) is 8.57. The average Bonchev–Trinajstić information content (AvgIpc) is 3.94. The van der Waals surface area contributed by atoms with Crippen molar-refractivity contribution >= 4 is 50.2 Å². The smallest absolute Gasteiger partial charge is 0.272 e. The predicted molar refractivity (Wildman–Crippen MR) is 243 cm³/mol. The van der Waals surface area contributed by atoms with E-state index in [4.69, 9.17) is 16.3 Å². The van der Waals surface area contributed by atoms with Gasteiger partial charge >= 0.3 is 0 Å². The van der Waals surface area contributed by atoms with E-state index < -0.39 is 11.4 Å². The molecule has 3 heterocycles. The Morgan fingerprint density at radius 3 is 2.49 bits per heavy atom. The molecule has 0 spiro atoms. The maximum absolute atomic E-state index is 15.3. The van der Waals surface area contributed by atoms with Crippen molar-refractivity contribution < 1.29 is 18.3 Å². The number of carbonyl (C=O) groups is 1. The molecular formula is C51H45ClF2N6O3. The Labute approximate surface area is 367 Å². The monoisotopic (exact) mass is 862 g/mol. The Kier molecular flexibility index (Phi) is 11.9. The number of carbonyl (C=O) groups excluding carboxylic acids is 1. The Balaban J connectivity index is 0.804. The first kappa shape index (κ1) is 41.6. The lowest BCUT2D eigenvalue weighted by atomic mass is 9.73. The summed E-state index contributed by atoms with van der Waals surface area (Å²) in [6.45, 7) is 2.55. The van der Waals surface area contributed by atoms with Crippen LogP contribution in [0.3, 0.4) is 0 Å². The van der Waals surface area contributed by atoms with E-state index in [1.54, 1.807) is 16.8 Å². The lowest BCUT2D eigenvalue weighted by molar-refractivity contribution is -0.118. The van der Waals surface area contributed by atoms with Gasteiger partial charge in [-0.05, 0) is 131 Å². The highest BCUT2D eigenvalue weighted by molar-refractivity contribution is 6.30. The highest BCUT2D eigenvalue weighted by Crippen LogP contribution is 2.46. The third-order valence-corrected chi connectivity index (χ3v) is 12.4. The van der Waals surface area contributed by atoms with Crippen LogP contribution in [0.25, 0.3) is 32.8 Å². The van der Waals surface area contributed by atoms with Gasteiger partial charge in [0.1, 0.15) is 35.3 Å².